The molecule has 5 rings (SSSR count). The van der Waals surface area contributed by atoms with E-state index in [1.807, 2.05) is 30.9 Å². The molecule has 30 heavy (non-hydrogen) atoms. The number of hydrogen-bond acceptors (Lipinski definition) is 5. The average molecular weight is 431 g/mol. The molecule has 0 N–H and O–H groups in total. The first-order valence-electron chi connectivity index (χ1n) is 9.86. The van der Waals surface area contributed by atoms with Crippen molar-refractivity contribution in [2.24, 2.45) is 11.8 Å². The van der Waals surface area contributed by atoms with Crippen LogP contribution in [0.25, 0.3) is 5.78 Å². The number of carbonyl (C=O) groups excluding carboxylic acids is 1. The van der Waals surface area contributed by atoms with E-state index in [2.05, 4.69) is 27.0 Å². The van der Waals surface area contributed by atoms with Crippen molar-refractivity contribution < 1.29 is 9.18 Å². The van der Waals surface area contributed by atoms with Crippen molar-refractivity contribution in [2.45, 2.75) is 19.9 Å². The average Bonchev–Trinajstić information content (AvgIpc) is 3.33. The summed E-state index contributed by atoms with van der Waals surface area (Å²) < 4.78 is 15.4. The summed E-state index contributed by atoms with van der Waals surface area (Å²) >= 11 is 0. The number of rotatable bonds is 2. The number of amides is 1. The fourth-order valence-electron chi connectivity index (χ4n) is 5.01. The molecule has 158 valence electrons. The minimum Gasteiger partial charge on any atom is -0.335 e. The van der Waals surface area contributed by atoms with Crippen molar-refractivity contribution in [3.05, 3.63) is 58.9 Å². The Morgan fingerprint density at radius 2 is 1.93 bits per heavy atom. The predicted molar refractivity (Wildman–Crippen MR) is 112 cm³/mol. The third-order valence-electron chi connectivity index (χ3n) is 6.18. The Morgan fingerprint density at radius 3 is 2.70 bits per heavy atom. The zero-order valence-corrected chi connectivity index (χ0v) is 17.9. The molecule has 9 heteroatoms. The maximum absolute atomic E-state index is 13.8. The van der Waals surface area contributed by atoms with Gasteiger partial charge in [-0.05, 0) is 50.6 Å². The van der Waals surface area contributed by atoms with Gasteiger partial charge in [-0.1, -0.05) is 12.1 Å². The number of likely N-dealkylation sites (tertiary alicyclic amines) is 2. The molecule has 0 saturated carbocycles. The van der Waals surface area contributed by atoms with Crippen molar-refractivity contribution in [1.29, 1.82) is 0 Å². The van der Waals surface area contributed by atoms with Crippen molar-refractivity contribution in [2.75, 3.05) is 26.7 Å². The summed E-state index contributed by atoms with van der Waals surface area (Å²) in [4.78, 5) is 26.0. The zero-order chi connectivity index (χ0) is 20.3. The van der Waals surface area contributed by atoms with Gasteiger partial charge in [0.1, 0.15) is 5.82 Å². The minimum atomic E-state index is -0.225. The zero-order valence-electron chi connectivity index (χ0n) is 17.1. The first-order valence-corrected chi connectivity index (χ1v) is 9.86. The van der Waals surface area contributed by atoms with Crippen LogP contribution in [-0.4, -0.2) is 62.0 Å². The lowest BCUT2D eigenvalue weighted by Crippen LogP contribution is -2.34. The molecule has 0 spiro atoms. The van der Waals surface area contributed by atoms with Gasteiger partial charge in [-0.2, -0.15) is 4.98 Å². The molecule has 2 saturated heterocycles. The molecule has 2 fully saturated rings. The Labute approximate surface area is 180 Å². The number of fused-ring (bicyclic) bond motifs is 2. The summed E-state index contributed by atoms with van der Waals surface area (Å²) in [6.07, 6.45) is 0. The lowest BCUT2D eigenvalue weighted by atomic mass is 9.89. The van der Waals surface area contributed by atoms with Crippen LogP contribution in [0.5, 0.6) is 0 Å². The van der Waals surface area contributed by atoms with Crippen molar-refractivity contribution >= 4 is 24.1 Å². The van der Waals surface area contributed by atoms with Gasteiger partial charge in [0, 0.05) is 43.0 Å². The number of aromatic nitrogens is 4. The highest BCUT2D eigenvalue weighted by molar-refractivity contribution is 5.91. The number of hydrogen-bond donors (Lipinski definition) is 0. The molecule has 1 amide bonds. The summed E-state index contributed by atoms with van der Waals surface area (Å²) in [5.41, 5.74) is 2.71. The molecule has 0 aliphatic carbocycles. The number of aryl methyl sites for hydroxylation is 2. The van der Waals surface area contributed by atoms with E-state index < -0.39 is 0 Å². The van der Waals surface area contributed by atoms with Crippen LogP contribution in [-0.2, 0) is 0 Å². The van der Waals surface area contributed by atoms with Crippen LogP contribution in [0, 0.1) is 31.5 Å². The van der Waals surface area contributed by atoms with E-state index in [9.17, 15) is 9.18 Å². The Hall–Kier alpha value is -2.58. The molecule has 0 bridgehead atoms. The number of carbonyl (C=O) groups is 1. The van der Waals surface area contributed by atoms with Crippen LogP contribution >= 0.6 is 12.4 Å². The summed E-state index contributed by atoms with van der Waals surface area (Å²) in [6.45, 7) is 5.99. The highest BCUT2D eigenvalue weighted by atomic mass is 35.5. The molecule has 3 atom stereocenters. The van der Waals surface area contributed by atoms with Gasteiger partial charge in [0.05, 0.1) is 0 Å². The standard InChI is InChI=1S/C21H23FN6O.ClH/c1-12-7-13(2)28-21(23-12)24-19(25-28)20(29)27-10-15-9-26(3)18(17(15)11-27)14-5-4-6-16(22)8-14;/h4-8,15,17-18H,9-11H2,1-3H3;1H/t15-,17+,18-;/m0./s1. The molecule has 0 unspecified atom stereocenters. The normalized spacial score (nSPS) is 23.6. The largest absolute Gasteiger partial charge is 0.335 e. The van der Waals surface area contributed by atoms with Crippen LogP contribution in [0.15, 0.2) is 30.3 Å². The summed E-state index contributed by atoms with van der Waals surface area (Å²) in [7, 11) is 2.07. The quantitative estimate of drug-likeness (QED) is 0.625. The monoisotopic (exact) mass is 430 g/mol. The summed E-state index contributed by atoms with van der Waals surface area (Å²) in [5, 5.41) is 4.39. The van der Waals surface area contributed by atoms with E-state index in [4.69, 9.17) is 0 Å². The smallest absolute Gasteiger partial charge is 0.293 e. The van der Waals surface area contributed by atoms with E-state index in [1.165, 1.54) is 6.07 Å². The Morgan fingerprint density at radius 1 is 1.13 bits per heavy atom. The van der Waals surface area contributed by atoms with Crippen molar-refractivity contribution in [3.63, 3.8) is 0 Å². The lowest BCUT2D eigenvalue weighted by Gasteiger charge is -2.26. The van der Waals surface area contributed by atoms with Crippen LogP contribution in [0.1, 0.15) is 33.6 Å². The highest BCUT2D eigenvalue weighted by Crippen LogP contribution is 2.44. The van der Waals surface area contributed by atoms with E-state index in [0.717, 1.165) is 23.5 Å². The van der Waals surface area contributed by atoms with E-state index in [-0.39, 0.29) is 41.9 Å². The third-order valence-corrected chi connectivity index (χ3v) is 6.18. The second-order valence-corrected chi connectivity index (χ2v) is 8.26. The van der Waals surface area contributed by atoms with Crippen LogP contribution < -0.4 is 0 Å². The van der Waals surface area contributed by atoms with E-state index in [0.29, 0.717) is 24.8 Å². The molecule has 0 radical (unpaired) electrons. The molecule has 2 aliphatic heterocycles. The molecular weight excluding hydrogens is 407 g/mol. The van der Waals surface area contributed by atoms with E-state index >= 15 is 0 Å². The van der Waals surface area contributed by atoms with Gasteiger partial charge >= 0.3 is 0 Å². The molecule has 2 aliphatic rings. The fourth-order valence-corrected chi connectivity index (χ4v) is 5.01. The first kappa shape index (κ1) is 20.7. The first-order chi connectivity index (χ1) is 13.9. The van der Waals surface area contributed by atoms with Gasteiger partial charge in [0.25, 0.3) is 11.7 Å². The summed E-state index contributed by atoms with van der Waals surface area (Å²) in [6, 6.07) is 8.81. The molecule has 2 aromatic heterocycles. The molecular formula is C21H24ClFN6O. The van der Waals surface area contributed by atoms with Gasteiger partial charge in [0.15, 0.2) is 0 Å². The van der Waals surface area contributed by atoms with Crippen LogP contribution in [0.2, 0.25) is 0 Å². The SMILES string of the molecule is Cc1cc(C)n2nc(C(=O)N3C[C@@H]4CN(C)[C@@H](c5cccc(F)c5)[C@@H]4C3)nc2n1.Cl. The molecule has 7 nitrogen and oxygen atoms in total. The summed E-state index contributed by atoms with van der Waals surface area (Å²) in [5.74, 6) is 0.866. The lowest BCUT2D eigenvalue weighted by molar-refractivity contribution is 0.0756. The van der Waals surface area contributed by atoms with Crippen molar-refractivity contribution in [1.82, 2.24) is 29.4 Å². The maximum Gasteiger partial charge on any atom is 0.293 e. The molecule has 1 aromatic carbocycles. The van der Waals surface area contributed by atoms with Gasteiger partial charge in [-0.3, -0.25) is 9.69 Å². The second-order valence-electron chi connectivity index (χ2n) is 8.26. The van der Waals surface area contributed by atoms with Gasteiger partial charge in [-0.15, -0.1) is 17.5 Å². The second kappa shape index (κ2) is 7.59. The van der Waals surface area contributed by atoms with Crippen LogP contribution in [0.3, 0.4) is 0 Å². The van der Waals surface area contributed by atoms with Gasteiger partial charge in [-0.25, -0.2) is 13.9 Å². The number of nitrogens with zero attached hydrogens (tertiary/aromatic N) is 6. The number of halogens is 2. The van der Waals surface area contributed by atoms with Crippen molar-refractivity contribution in [3.8, 4) is 0 Å². The maximum atomic E-state index is 13.8. The van der Waals surface area contributed by atoms with E-state index in [1.54, 1.807) is 16.6 Å². The Balaban J connectivity index is 0.00000218. The topological polar surface area (TPSA) is 66.6 Å². The third kappa shape index (κ3) is 3.33. The highest BCUT2D eigenvalue weighted by Gasteiger charge is 2.47. The molecule has 3 aromatic rings. The van der Waals surface area contributed by atoms with Gasteiger partial charge < -0.3 is 4.90 Å². The van der Waals surface area contributed by atoms with Gasteiger partial charge in [0.2, 0.25) is 5.82 Å². The minimum absolute atomic E-state index is 0. The van der Waals surface area contributed by atoms with Crippen LogP contribution in [0.4, 0.5) is 4.39 Å². The Bertz CT molecular complexity index is 1120. The fraction of sp³-hybridized carbons (Fsp3) is 0.429. The predicted octanol–water partition coefficient (Wildman–Crippen LogP) is 2.68. The molecule has 4 heterocycles. The Kier molecular flexibility index (Phi) is 5.23. The number of benzene rings is 1.